The molecule has 0 atom stereocenters. The van der Waals surface area contributed by atoms with E-state index in [9.17, 15) is 4.79 Å². The Kier molecular flexibility index (Phi) is 4.04. The normalized spacial score (nSPS) is 10.4. The molecule has 18 heavy (non-hydrogen) atoms. The summed E-state index contributed by atoms with van der Waals surface area (Å²) in [6, 6.07) is 9.38. The molecule has 0 radical (unpaired) electrons. The van der Waals surface area contributed by atoms with Crippen LogP contribution >= 0.6 is 22.9 Å². The van der Waals surface area contributed by atoms with Crippen molar-refractivity contribution in [2.24, 2.45) is 0 Å². The van der Waals surface area contributed by atoms with E-state index in [0.717, 1.165) is 16.9 Å². The SMILES string of the molecule is COc1ccccc1CC(=O)c1cc(C)c(Cl)s1. The number of halogens is 1. The quantitative estimate of drug-likeness (QED) is 0.787. The average molecular weight is 281 g/mol. The number of thiophene rings is 1. The molecule has 94 valence electrons. The van der Waals surface area contributed by atoms with Gasteiger partial charge in [0.05, 0.1) is 16.3 Å². The monoisotopic (exact) mass is 280 g/mol. The molecule has 4 heteroatoms. The van der Waals surface area contributed by atoms with Gasteiger partial charge in [-0.2, -0.15) is 0 Å². The minimum atomic E-state index is 0.0690. The van der Waals surface area contributed by atoms with Crippen LogP contribution in [0.4, 0.5) is 0 Å². The van der Waals surface area contributed by atoms with Crippen LogP contribution in [-0.4, -0.2) is 12.9 Å². The van der Waals surface area contributed by atoms with E-state index in [1.165, 1.54) is 11.3 Å². The van der Waals surface area contributed by atoms with Crippen molar-refractivity contribution in [3.8, 4) is 5.75 Å². The summed E-state index contributed by atoms with van der Waals surface area (Å²) in [5.41, 5.74) is 1.84. The first-order valence-electron chi connectivity index (χ1n) is 5.53. The van der Waals surface area contributed by atoms with Crippen LogP contribution in [0, 0.1) is 6.92 Å². The van der Waals surface area contributed by atoms with Crippen molar-refractivity contribution < 1.29 is 9.53 Å². The molecule has 0 saturated heterocycles. The molecular weight excluding hydrogens is 268 g/mol. The molecule has 1 aromatic heterocycles. The van der Waals surface area contributed by atoms with E-state index in [2.05, 4.69) is 0 Å². The molecule has 0 spiro atoms. The Bertz CT molecular complexity index is 555. The van der Waals surface area contributed by atoms with Crippen molar-refractivity contribution >= 4 is 28.7 Å². The number of methoxy groups -OCH3 is 1. The number of carbonyl (C=O) groups excluding carboxylic acids is 1. The van der Waals surface area contributed by atoms with E-state index in [4.69, 9.17) is 16.3 Å². The standard InChI is InChI=1S/C14H13ClO2S/c1-9-7-13(18-14(9)15)11(16)8-10-5-3-4-6-12(10)17-2/h3-7H,8H2,1-2H3. The zero-order valence-electron chi connectivity index (χ0n) is 10.2. The minimum Gasteiger partial charge on any atom is -0.496 e. The Morgan fingerprint density at radius 2 is 2.11 bits per heavy atom. The third kappa shape index (κ3) is 2.74. The van der Waals surface area contributed by atoms with E-state index in [-0.39, 0.29) is 5.78 Å². The lowest BCUT2D eigenvalue weighted by Crippen LogP contribution is -2.02. The highest BCUT2D eigenvalue weighted by Crippen LogP contribution is 2.28. The largest absolute Gasteiger partial charge is 0.496 e. The van der Waals surface area contributed by atoms with E-state index < -0.39 is 0 Å². The fraction of sp³-hybridized carbons (Fsp3) is 0.214. The number of Topliss-reactive ketones (excluding diaryl/α,β-unsaturated/α-hetero) is 1. The summed E-state index contributed by atoms with van der Waals surface area (Å²) < 4.78 is 5.92. The first kappa shape index (κ1) is 13.1. The van der Waals surface area contributed by atoms with Gasteiger partial charge in [0.25, 0.3) is 0 Å². The first-order valence-corrected chi connectivity index (χ1v) is 6.72. The van der Waals surface area contributed by atoms with Gasteiger partial charge in [0.2, 0.25) is 0 Å². The van der Waals surface area contributed by atoms with E-state index in [1.54, 1.807) is 7.11 Å². The van der Waals surface area contributed by atoms with Gasteiger partial charge in [0, 0.05) is 12.0 Å². The van der Waals surface area contributed by atoms with E-state index in [1.807, 2.05) is 37.3 Å². The summed E-state index contributed by atoms with van der Waals surface area (Å²) in [5, 5.41) is 0. The highest BCUT2D eigenvalue weighted by atomic mass is 35.5. The lowest BCUT2D eigenvalue weighted by molar-refractivity contribution is 0.0996. The predicted molar refractivity (Wildman–Crippen MR) is 75.1 cm³/mol. The smallest absolute Gasteiger partial charge is 0.177 e. The Balaban J connectivity index is 2.21. The zero-order chi connectivity index (χ0) is 13.1. The molecule has 0 bridgehead atoms. The van der Waals surface area contributed by atoms with E-state index in [0.29, 0.717) is 15.6 Å². The van der Waals surface area contributed by atoms with Crippen LogP contribution in [0.3, 0.4) is 0 Å². The van der Waals surface area contributed by atoms with Crippen LogP contribution in [0.5, 0.6) is 5.75 Å². The first-order chi connectivity index (χ1) is 8.61. The number of benzene rings is 1. The molecule has 0 saturated carbocycles. The second-order valence-electron chi connectivity index (χ2n) is 3.98. The summed E-state index contributed by atoms with van der Waals surface area (Å²) in [4.78, 5) is 12.8. The highest BCUT2D eigenvalue weighted by Gasteiger charge is 2.14. The number of rotatable bonds is 4. The van der Waals surface area contributed by atoms with Gasteiger partial charge in [-0.1, -0.05) is 29.8 Å². The number of aryl methyl sites for hydroxylation is 1. The van der Waals surface area contributed by atoms with Crippen LogP contribution in [0.2, 0.25) is 4.34 Å². The van der Waals surface area contributed by atoms with Crippen molar-refractivity contribution in [2.75, 3.05) is 7.11 Å². The van der Waals surface area contributed by atoms with Crippen LogP contribution in [0.1, 0.15) is 20.8 Å². The Morgan fingerprint density at radius 1 is 1.39 bits per heavy atom. The molecule has 0 fully saturated rings. The molecule has 1 heterocycles. The van der Waals surface area contributed by atoms with Crippen molar-refractivity contribution in [1.29, 1.82) is 0 Å². The maximum atomic E-state index is 12.1. The summed E-state index contributed by atoms with van der Waals surface area (Å²) in [5.74, 6) is 0.810. The fourth-order valence-corrected chi connectivity index (χ4v) is 2.84. The van der Waals surface area contributed by atoms with Crippen molar-refractivity contribution in [3.05, 3.63) is 50.7 Å². The summed E-state index contributed by atoms with van der Waals surface area (Å²) >= 11 is 7.31. The highest BCUT2D eigenvalue weighted by molar-refractivity contribution is 7.18. The van der Waals surface area contributed by atoms with Gasteiger partial charge >= 0.3 is 0 Å². The Morgan fingerprint density at radius 3 is 2.72 bits per heavy atom. The molecular formula is C14H13ClO2S. The second kappa shape index (κ2) is 5.55. The molecule has 0 unspecified atom stereocenters. The van der Waals surface area contributed by atoms with Gasteiger partial charge < -0.3 is 4.74 Å². The van der Waals surface area contributed by atoms with Crippen molar-refractivity contribution in [3.63, 3.8) is 0 Å². The van der Waals surface area contributed by atoms with Gasteiger partial charge in [-0.25, -0.2) is 0 Å². The Labute approximate surface area is 115 Å². The molecule has 0 aliphatic rings. The molecule has 0 amide bonds. The van der Waals surface area contributed by atoms with Gasteiger partial charge in [0.15, 0.2) is 5.78 Å². The molecule has 2 nitrogen and oxygen atoms in total. The van der Waals surface area contributed by atoms with Gasteiger partial charge in [0.1, 0.15) is 5.75 Å². The molecule has 0 N–H and O–H groups in total. The van der Waals surface area contributed by atoms with Crippen LogP contribution < -0.4 is 4.74 Å². The molecule has 0 aliphatic carbocycles. The van der Waals surface area contributed by atoms with Crippen LogP contribution in [0.25, 0.3) is 0 Å². The summed E-state index contributed by atoms with van der Waals surface area (Å²) in [7, 11) is 1.61. The third-order valence-corrected chi connectivity index (χ3v) is 4.27. The van der Waals surface area contributed by atoms with E-state index >= 15 is 0 Å². The van der Waals surface area contributed by atoms with Crippen LogP contribution in [0.15, 0.2) is 30.3 Å². The third-order valence-electron chi connectivity index (χ3n) is 2.68. The summed E-state index contributed by atoms with van der Waals surface area (Å²) in [6.07, 6.45) is 0.334. The second-order valence-corrected chi connectivity index (χ2v) is 5.63. The zero-order valence-corrected chi connectivity index (χ0v) is 11.8. The molecule has 2 rings (SSSR count). The average Bonchev–Trinajstić information content (AvgIpc) is 2.70. The predicted octanol–water partition coefficient (Wildman–Crippen LogP) is 4.14. The number of hydrogen-bond donors (Lipinski definition) is 0. The lowest BCUT2D eigenvalue weighted by atomic mass is 10.1. The van der Waals surface area contributed by atoms with Gasteiger partial charge in [-0.15, -0.1) is 11.3 Å². The van der Waals surface area contributed by atoms with Gasteiger partial charge in [-0.3, -0.25) is 4.79 Å². The van der Waals surface area contributed by atoms with Crippen LogP contribution in [-0.2, 0) is 6.42 Å². The fourth-order valence-electron chi connectivity index (χ4n) is 1.71. The van der Waals surface area contributed by atoms with Gasteiger partial charge in [-0.05, 0) is 24.6 Å². The molecule has 0 aliphatic heterocycles. The maximum Gasteiger partial charge on any atom is 0.177 e. The lowest BCUT2D eigenvalue weighted by Gasteiger charge is -2.06. The number of para-hydroxylation sites is 1. The summed E-state index contributed by atoms with van der Waals surface area (Å²) in [6.45, 7) is 1.90. The molecule has 2 aromatic rings. The number of ketones is 1. The number of ether oxygens (including phenoxy) is 1. The topological polar surface area (TPSA) is 26.3 Å². The van der Waals surface area contributed by atoms with Crippen molar-refractivity contribution in [2.45, 2.75) is 13.3 Å². The number of hydrogen-bond acceptors (Lipinski definition) is 3. The minimum absolute atomic E-state index is 0.0690. The maximum absolute atomic E-state index is 12.1. The molecule has 1 aromatic carbocycles. The number of carbonyl (C=O) groups is 1. The van der Waals surface area contributed by atoms with Crippen molar-refractivity contribution in [1.82, 2.24) is 0 Å². The Hall–Kier alpha value is -1.32.